The molecule has 1 aromatic carbocycles. The van der Waals surface area contributed by atoms with Crippen LogP contribution in [0, 0.1) is 23.4 Å². The summed E-state index contributed by atoms with van der Waals surface area (Å²) in [6, 6.07) is 6.26. The lowest BCUT2D eigenvalue weighted by molar-refractivity contribution is 0.0336. The number of hydrogen-bond acceptors (Lipinski definition) is 8. The van der Waals surface area contributed by atoms with E-state index >= 15 is 8.78 Å². The van der Waals surface area contributed by atoms with E-state index in [4.69, 9.17) is 9.16 Å². The Hall–Kier alpha value is -3.68. The maximum atomic E-state index is 15.2. The topological polar surface area (TPSA) is 109 Å². The molecule has 0 saturated carbocycles. The Balaban J connectivity index is 1.59. The number of ether oxygens (including phenoxy) is 1. The quantitative estimate of drug-likeness (QED) is 0.179. The second-order valence-electron chi connectivity index (χ2n) is 16.8. The van der Waals surface area contributed by atoms with Crippen molar-refractivity contribution in [2.75, 3.05) is 23.3 Å². The molecule has 0 aliphatic carbocycles. The van der Waals surface area contributed by atoms with Gasteiger partial charge in [-0.3, -0.25) is 4.98 Å². The first kappa shape index (κ1) is 40.1. The van der Waals surface area contributed by atoms with Crippen LogP contribution < -0.4 is 15.5 Å². The van der Waals surface area contributed by atoms with Crippen molar-refractivity contribution in [3.8, 4) is 11.3 Å². The number of piperidine rings is 1. The lowest BCUT2D eigenvalue weighted by Crippen LogP contribution is -2.62. The largest absolute Gasteiger partial charge is 0.444 e. The number of carbonyl (C=O) groups excluding carboxylic acids is 1. The van der Waals surface area contributed by atoms with E-state index in [9.17, 15) is 14.3 Å². The summed E-state index contributed by atoms with van der Waals surface area (Å²) < 4.78 is 57.9. The number of carbonyl (C=O) groups is 1. The molecule has 9 nitrogen and oxygen atoms in total. The van der Waals surface area contributed by atoms with Crippen molar-refractivity contribution in [1.82, 2.24) is 15.3 Å². The maximum absolute atomic E-state index is 15.2. The molecule has 0 bridgehead atoms. The predicted octanol–water partition coefficient (Wildman–Crippen LogP) is 8.23. The van der Waals surface area contributed by atoms with Crippen molar-refractivity contribution in [2.24, 2.45) is 5.92 Å². The Bertz CT molecular complexity index is 1680. The van der Waals surface area contributed by atoms with Crippen LogP contribution in [0.3, 0.4) is 0 Å². The normalized spacial score (nSPS) is 18.8. The summed E-state index contributed by atoms with van der Waals surface area (Å²) >= 11 is 0. The first-order valence-corrected chi connectivity index (χ1v) is 20.3. The van der Waals surface area contributed by atoms with Gasteiger partial charge in [0.25, 0.3) is 0 Å². The number of halogens is 3. The highest BCUT2D eigenvalue weighted by molar-refractivity contribution is 6.74. The Morgan fingerprint density at radius 2 is 1.65 bits per heavy atom. The minimum absolute atomic E-state index is 0.0202. The maximum Gasteiger partial charge on any atom is 0.408 e. The molecule has 1 aliphatic heterocycles. The number of nitrogens with zero attached hydrogens (tertiary/aromatic N) is 3. The molecule has 1 fully saturated rings. The first-order valence-electron chi connectivity index (χ1n) is 17.4. The van der Waals surface area contributed by atoms with E-state index in [0.29, 0.717) is 24.5 Å². The monoisotopic (exact) mass is 729 g/mol. The average molecular weight is 730 g/mol. The third kappa shape index (κ3) is 10.4. The van der Waals surface area contributed by atoms with Crippen molar-refractivity contribution in [1.29, 1.82) is 0 Å². The smallest absolute Gasteiger partial charge is 0.408 e. The number of anilines is 2. The fourth-order valence-electron chi connectivity index (χ4n) is 5.96. The van der Waals surface area contributed by atoms with Crippen LogP contribution in [-0.2, 0) is 22.1 Å². The van der Waals surface area contributed by atoms with Gasteiger partial charge in [-0.25, -0.2) is 22.9 Å². The molecule has 0 radical (unpaired) electrons. The zero-order valence-corrected chi connectivity index (χ0v) is 32.7. The average Bonchev–Trinajstić information content (AvgIpc) is 2.96. The molecule has 4 rings (SSSR count). The summed E-state index contributed by atoms with van der Waals surface area (Å²) in [6.07, 6.45) is 2.60. The summed E-state index contributed by atoms with van der Waals surface area (Å²) in [5, 5.41) is 16.5. The molecule has 0 unspecified atom stereocenters. The molecule has 3 heterocycles. The molecule has 2 aromatic heterocycles. The van der Waals surface area contributed by atoms with Crippen molar-refractivity contribution < 1.29 is 32.2 Å². The van der Waals surface area contributed by atoms with E-state index in [1.54, 1.807) is 12.4 Å². The van der Waals surface area contributed by atoms with Crippen molar-refractivity contribution >= 4 is 25.8 Å². The van der Waals surface area contributed by atoms with Gasteiger partial charge in [-0.2, -0.15) is 0 Å². The van der Waals surface area contributed by atoms with Crippen molar-refractivity contribution in [2.45, 2.75) is 117 Å². The molecule has 1 saturated heterocycles. The number of amides is 1. The Labute approximate surface area is 301 Å². The highest BCUT2D eigenvalue weighted by Crippen LogP contribution is 2.40. The van der Waals surface area contributed by atoms with E-state index in [2.05, 4.69) is 66.3 Å². The summed E-state index contributed by atoms with van der Waals surface area (Å²) in [5.41, 5.74) is -0.796. The van der Waals surface area contributed by atoms with Gasteiger partial charge >= 0.3 is 6.09 Å². The molecule has 13 heteroatoms. The lowest BCUT2D eigenvalue weighted by atomic mass is 9.92. The Morgan fingerprint density at radius 3 is 2.24 bits per heavy atom. The molecule has 0 spiro atoms. The standard InChI is InChI=1S/C38H54F3N5O4Si/c1-23-21-46(22-30(45-35(47)49-36(2,3)4)34(23)50-51(10,11)37(5,6)7)31-14-15-42-20-29(31)43-19-25-12-13-26(39)33(44-25)32-27(40)16-24(17-28(32)41)18-38(8,9)48/h12-17,20,23,30,34,43,48H,18-19,21-22H2,1-11H3,(H,45,47)/t23-,30+,34+/m0/s1. The zero-order chi connectivity index (χ0) is 38.1. The molecular weight excluding hydrogens is 676 g/mol. The van der Waals surface area contributed by atoms with Gasteiger partial charge in [0.2, 0.25) is 0 Å². The van der Waals surface area contributed by atoms with Crippen LogP contribution >= 0.6 is 0 Å². The van der Waals surface area contributed by atoms with E-state index in [1.807, 2.05) is 26.8 Å². The number of benzene rings is 1. The van der Waals surface area contributed by atoms with Crippen LogP contribution in [0.15, 0.2) is 42.7 Å². The minimum Gasteiger partial charge on any atom is -0.444 e. The summed E-state index contributed by atoms with van der Waals surface area (Å²) in [7, 11) is -2.21. The van der Waals surface area contributed by atoms with Gasteiger partial charge in [0.1, 0.15) is 28.7 Å². The second-order valence-corrected chi connectivity index (χ2v) is 21.5. The van der Waals surface area contributed by atoms with E-state index in [1.165, 1.54) is 19.9 Å². The molecule has 1 amide bonds. The van der Waals surface area contributed by atoms with Gasteiger partial charge in [0, 0.05) is 31.6 Å². The van der Waals surface area contributed by atoms with Crippen molar-refractivity contribution in [3.63, 3.8) is 0 Å². The highest BCUT2D eigenvalue weighted by atomic mass is 28.4. The number of aliphatic hydroxyl groups is 1. The fourth-order valence-corrected chi connectivity index (χ4v) is 7.39. The van der Waals surface area contributed by atoms with Crippen molar-refractivity contribution in [3.05, 3.63) is 71.4 Å². The van der Waals surface area contributed by atoms with Crippen LogP contribution in [0.2, 0.25) is 18.1 Å². The number of alkyl carbamates (subject to hydrolysis) is 1. The molecule has 3 aromatic rings. The lowest BCUT2D eigenvalue weighted by Gasteiger charge is -2.48. The van der Waals surface area contributed by atoms with E-state index in [-0.39, 0.29) is 41.6 Å². The SMILES string of the molecule is C[C@H]1CN(c2ccncc2NCc2ccc(F)c(-c3c(F)cc(CC(C)(C)O)cc3F)n2)C[C@@H](NC(=O)OC(C)(C)C)[C@@H]1O[Si](C)(C)C(C)(C)C. The fraction of sp³-hybridized carbons (Fsp3) is 0.553. The Kier molecular flexibility index (Phi) is 11.9. The molecule has 51 heavy (non-hydrogen) atoms. The second kappa shape index (κ2) is 15.1. The van der Waals surface area contributed by atoms with Gasteiger partial charge in [0.15, 0.2) is 8.32 Å². The third-order valence-corrected chi connectivity index (χ3v) is 13.8. The van der Waals surface area contributed by atoms with Crippen LogP contribution in [0.4, 0.5) is 29.3 Å². The molecular formula is C38H54F3N5O4Si. The zero-order valence-electron chi connectivity index (χ0n) is 31.7. The van der Waals surface area contributed by atoms with Gasteiger partial charge in [-0.1, -0.05) is 27.7 Å². The number of pyridine rings is 2. The van der Waals surface area contributed by atoms with Gasteiger partial charge < -0.3 is 29.8 Å². The van der Waals surface area contributed by atoms with Gasteiger partial charge in [-0.15, -0.1) is 0 Å². The summed E-state index contributed by atoms with van der Waals surface area (Å²) in [4.78, 5) is 23.8. The summed E-state index contributed by atoms with van der Waals surface area (Å²) in [5.74, 6) is -2.78. The van der Waals surface area contributed by atoms with E-state index < -0.39 is 54.3 Å². The number of aromatic nitrogens is 2. The van der Waals surface area contributed by atoms with E-state index in [0.717, 1.165) is 23.9 Å². The summed E-state index contributed by atoms with van der Waals surface area (Å²) in [6.45, 7) is 22.8. The minimum atomic E-state index is -2.21. The molecule has 280 valence electrons. The van der Waals surface area contributed by atoms with Gasteiger partial charge in [-0.05, 0) is 88.6 Å². The first-order chi connectivity index (χ1) is 23.4. The number of rotatable bonds is 10. The highest BCUT2D eigenvalue weighted by Gasteiger charge is 2.45. The van der Waals surface area contributed by atoms with Crippen LogP contribution in [0.25, 0.3) is 11.3 Å². The predicted molar refractivity (Wildman–Crippen MR) is 198 cm³/mol. The van der Waals surface area contributed by atoms with Crippen LogP contribution in [0.1, 0.15) is 73.6 Å². The van der Waals surface area contributed by atoms with Gasteiger partial charge in [0.05, 0.1) is 53.1 Å². The Morgan fingerprint density at radius 1 is 1.00 bits per heavy atom. The van der Waals surface area contributed by atoms with Crippen LogP contribution in [0.5, 0.6) is 0 Å². The number of hydrogen-bond donors (Lipinski definition) is 3. The van der Waals surface area contributed by atoms with Crippen LogP contribution in [-0.4, -0.2) is 65.9 Å². The third-order valence-electron chi connectivity index (χ3n) is 9.30. The molecule has 3 atom stereocenters. The number of nitrogens with one attached hydrogen (secondary N) is 2. The molecule has 3 N–H and O–H groups in total. The molecule has 1 aliphatic rings.